The quantitative estimate of drug-likeness (QED) is 0.857. The van der Waals surface area contributed by atoms with E-state index in [-0.39, 0.29) is 12.2 Å². The zero-order valence-electron chi connectivity index (χ0n) is 9.86. The molecule has 0 aliphatic carbocycles. The highest BCUT2D eigenvalue weighted by Gasteiger charge is 2.26. The Hall–Kier alpha value is -0.190. The number of aliphatic hydroxyl groups excluding tert-OH is 1. The molecule has 0 fully saturated rings. The molecule has 0 spiro atoms. The first-order valence-electron chi connectivity index (χ1n) is 5.84. The van der Waals surface area contributed by atoms with E-state index in [1.54, 1.807) is 0 Å². The van der Waals surface area contributed by atoms with Crippen molar-refractivity contribution in [3.8, 4) is 5.75 Å². The summed E-state index contributed by atoms with van der Waals surface area (Å²) >= 11 is 5.28. The predicted molar refractivity (Wildman–Crippen MR) is 75.8 cm³/mol. The van der Waals surface area contributed by atoms with E-state index in [1.165, 1.54) is 0 Å². The van der Waals surface area contributed by atoms with Crippen molar-refractivity contribution in [2.45, 2.75) is 31.5 Å². The van der Waals surface area contributed by atoms with Gasteiger partial charge < -0.3 is 9.84 Å². The average Bonchev–Trinajstić information content (AvgIpc) is 2.28. The summed E-state index contributed by atoms with van der Waals surface area (Å²) in [5.41, 5.74) is 0.911. The highest BCUT2D eigenvalue weighted by atomic mass is 79.9. The molecule has 17 heavy (non-hydrogen) atoms. The molecule has 1 heterocycles. The zero-order valence-corrected chi connectivity index (χ0v) is 12.3. The van der Waals surface area contributed by atoms with Crippen LogP contribution in [-0.4, -0.2) is 23.2 Å². The summed E-state index contributed by atoms with van der Waals surface area (Å²) in [6.45, 7) is 0. The van der Waals surface area contributed by atoms with Crippen LogP contribution in [0.1, 0.15) is 30.9 Å². The van der Waals surface area contributed by atoms with Crippen molar-refractivity contribution in [1.29, 1.82) is 0 Å². The molecule has 1 aliphatic heterocycles. The molecule has 0 amide bonds. The number of benzene rings is 1. The summed E-state index contributed by atoms with van der Waals surface area (Å²) in [5, 5.41) is 10.1. The van der Waals surface area contributed by atoms with Gasteiger partial charge in [0.15, 0.2) is 0 Å². The minimum atomic E-state index is -0.383. The van der Waals surface area contributed by atoms with Gasteiger partial charge in [-0.15, -0.1) is 0 Å². The van der Waals surface area contributed by atoms with E-state index in [1.807, 2.05) is 30.0 Å². The zero-order chi connectivity index (χ0) is 12.3. The van der Waals surface area contributed by atoms with Gasteiger partial charge in [-0.3, -0.25) is 0 Å². The molecule has 1 aliphatic rings. The number of ether oxygens (including phenoxy) is 1. The van der Waals surface area contributed by atoms with Crippen LogP contribution >= 0.6 is 27.7 Å². The molecule has 1 N–H and O–H groups in total. The van der Waals surface area contributed by atoms with Gasteiger partial charge in [0.05, 0.1) is 6.10 Å². The second-order valence-electron chi connectivity index (χ2n) is 4.31. The maximum atomic E-state index is 10.1. The Morgan fingerprint density at radius 1 is 1.53 bits per heavy atom. The lowest BCUT2D eigenvalue weighted by atomic mass is 9.97. The van der Waals surface area contributed by atoms with Gasteiger partial charge >= 0.3 is 0 Å². The van der Waals surface area contributed by atoms with Crippen LogP contribution < -0.4 is 4.74 Å². The molecule has 0 aromatic heterocycles. The highest BCUT2D eigenvalue weighted by molar-refractivity contribution is 9.10. The lowest BCUT2D eigenvalue weighted by molar-refractivity contribution is 0.0616. The van der Waals surface area contributed by atoms with Crippen molar-refractivity contribution in [2.24, 2.45) is 0 Å². The summed E-state index contributed by atoms with van der Waals surface area (Å²) in [4.78, 5) is 0. The van der Waals surface area contributed by atoms with Gasteiger partial charge in [-0.05, 0) is 37.0 Å². The average molecular weight is 317 g/mol. The van der Waals surface area contributed by atoms with E-state index in [4.69, 9.17) is 4.74 Å². The third kappa shape index (κ3) is 3.39. The van der Waals surface area contributed by atoms with E-state index >= 15 is 0 Å². The van der Waals surface area contributed by atoms with Crippen LogP contribution in [0, 0.1) is 0 Å². The number of aliphatic hydroxyl groups is 1. The minimum Gasteiger partial charge on any atom is -0.490 e. The number of halogens is 1. The molecule has 0 bridgehead atoms. The summed E-state index contributed by atoms with van der Waals surface area (Å²) in [6, 6.07) is 5.82. The third-order valence-corrected chi connectivity index (χ3v) is 4.18. The Kier molecular flexibility index (Phi) is 4.77. The Morgan fingerprint density at radius 2 is 2.35 bits per heavy atom. The Morgan fingerprint density at radius 3 is 3.12 bits per heavy atom. The second kappa shape index (κ2) is 6.12. The molecular weight excluding hydrogens is 300 g/mol. The number of hydrogen-bond acceptors (Lipinski definition) is 3. The monoisotopic (exact) mass is 316 g/mol. The van der Waals surface area contributed by atoms with Gasteiger partial charge in [0.2, 0.25) is 0 Å². The Balaban J connectivity index is 2.04. The summed E-state index contributed by atoms with van der Waals surface area (Å²) in [6.07, 6.45) is 4.75. The number of rotatable bonds is 4. The fourth-order valence-corrected chi connectivity index (χ4v) is 2.92. The Labute approximate surface area is 115 Å². The fraction of sp³-hybridized carbons (Fsp3) is 0.538. The molecule has 1 aromatic rings. The topological polar surface area (TPSA) is 29.5 Å². The van der Waals surface area contributed by atoms with Gasteiger partial charge in [-0.25, -0.2) is 0 Å². The second-order valence-corrected chi connectivity index (χ2v) is 6.21. The van der Waals surface area contributed by atoms with Crippen LogP contribution in [0.15, 0.2) is 22.7 Å². The molecule has 1 unspecified atom stereocenters. The van der Waals surface area contributed by atoms with E-state index < -0.39 is 0 Å². The van der Waals surface area contributed by atoms with Crippen LogP contribution in [0.5, 0.6) is 5.75 Å². The summed E-state index contributed by atoms with van der Waals surface area (Å²) in [5.74, 6) is 1.98. The molecule has 4 heteroatoms. The number of fused-ring (bicyclic) bond motifs is 1. The van der Waals surface area contributed by atoms with Crippen molar-refractivity contribution < 1.29 is 9.84 Å². The first-order valence-corrected chi connectivity index (χ1v) is 8.02. The predicted octanol–water partition coefficient (Wildman–Crippen LogP) is 3.78. The van der Waals surface area contributed by atoms with E-state index in [2.05, 4.69) is 22.2 Å². The molecule has 0 radical (unpaired) electrons. The SMILES string of the molecule is CSCCCC1C[C@@H](O)c2ccc(Br)cc2O1. The largest absolute Gasteiger partial charge is 0.490 e. The fourth-order valence-electron chi connectivity index (χ4n) is 2.12. The summed E-state index contributed by atoms with van der Waals surface area (Å²) < 4.78 is 6.92. The highest BCUT2D eigenvalue weighted by Crippen LogP contribution is 2.37. The van der Waals surface area contributed by atoms with E-state index in [0.29, 0.717) is 6.42 Å². The Bertz CT molecular complexity index is 384. The van der Waals surface area contributed by atoms with Gasteiger partial charge in [-0.2, -0.15) is 11.8 Å². The molecule has 94 valence electrons. The lowest BCUT2D eigenvalue weighted by Crippen LogP contribution is -2.25. The lowest BCUT2D eigenvalue weighted by Gasteiger charge is -2.29. The third-order valence-electron chi connectivity index (χ3n) is 2.99. The van der Waals surface area contributed by atoms with Crippen LogP contribution in [-0.2, 0) is 0 Å². The van der Waals surface area contributed by atoms with Crippen molar-refractivity contribution in [3.05, 3.63) is 28.2 Å². The maximum absolute atomic E-state index is 10.1. The van der Waals surface area contributed by atoms with Crippen molar-refractivity contribution in [2.75, 3.05) is 12.0 Å². The van der Waals surface area contributed by atoms with E-state index in [0.717, 1.165) is 34.4 Å². The van der Waals surface area contributed by atoms with Gasteiger partial charge in [0.25, 0.3) is 0 Å². The molecule has 2 atom stereocenters. The molecular formula is C13H17BrO2S. The van der Waals surface area contributed by atoms with Crippen LogP contribution in [0.25, 0.3) is 0 Å². The number of hydrogen-bond donors (Lipinski definition) is 1. The van der Waals surface area contributed by atoms with Crippen LogP contribution in [0.4, 0.5) is 0 Å². The number of thioether (sulfide) groups is 1. The molecule has 0 saturated heterocycles. The first-order chi connectivity index (χ1) is 8.20. The van der Waals surface area contributed by atoms with Gasteiger partial charge in [0, 0.05) is 16.5 Å². The summed E-state index contributed by atoms with van der Waals surface area (Å²) in [7, 11) is 0. The van der Waals surface area contributed by atoms with Crippen molar-refractivity contribution >= 4 is 27.7 Å². The molecule has 0 saturated carbocycles. The normalized spacial score (nSPS) is 23.0. The molecule has 2 rings (SSSR count). The smallest absolute Gasteiger partial charge is 0.126 e. The minimum absolute atomic E-state index is 0.152. The molecule has 1 aromatic carbocycles. The van der Waals surface area contributed by atoms with Crippen LogP contribution in [0.3, 0.4) is 0 Å². The maximum Gasteiger partial charge on any atom is 0.126 e. The van der Waals surface area contributed by atoms with Gasteiger partial charge in [-0.1, -0.05) is 22.0 Å². The standard InChI is InChI=1S/C13H17BrO2S/c1-17-6-2-3-10-8-12(15)11-5-4-9(14)7-13(11)16-10/h4-5,7,10,12,15H,2-3,6,8H2,1H3/t10?,12-/m1/s1. The van der Waals surface area contributed by atoms with E-state index in [9.17, 15) is 5.11 Å². The van der Waals surface area contributed by atoms with Crippen molar-refractivity contribution in [3.63, 3.8) is 0 Å². The molecule has 2 nitrogen and oxygen atoms in total. The first kappa shape index (κ1) is 13.2. The van der Waals surface area contributed by atoms with Crippen LogP contribution in [0.2, 0.25) is 0 Å². The van der Waals surface area contributed by atoms with Gasteiger partial charge in [0.1, 0.15) is 11.9 Å². The van der Waals surface area contributed by atoms with Crippen molar-refractivity contribution in [1.82, 2.24) is 0 Å².